The monoisotopic (exact) mass is 395 g/mol. The average molecular weight is 395 g/mol. The van der Waals surface area contributed by atoms with Gasteiger partial charge in [-0.1, -0.05) is 42.5 Å². The molecule has 7 heteroatoms. The van der Waals surface area contributed by atoms with Gasteiger partial charge in [-0.05, 0) is 24.3 Å². The van der Waals surface area contributed by atoms with Crippen molar-refractivity contribution in [2.45, 2.75) is 16.6 Å². The fourth-order valence-electron chi connectivity index (χ4n) is 3.35. The lowest BCUT2D eigenvalue weighted by molar-refractivity contribution is -0.118. The number of para-hydroxylation sites is 1. The summed E-state index contributed by atoms with van der Waals surface area (Å²) in [5, 5.41) is -1.13. The lowest BCUT2D eigenvalue weighted by atomic mass is 10.1. The first kappa shape index (κ1) is 18.2. The molecule has 1 atom stereocenters. The summed E-state index contributed by atoms with van der Waals surface area (Å²) < 4.78 is 31.8. The lowest BCUT2D eigenvalue weighted by Crippen LogP contribution is -2.35. The average Bonchev–Trinajstić information content (AvgIpc) is 3.22. The van der Waals surface area contributed by atoms with Gasteiger partial charge in [0, 0.05) is 5.56 Å². The minimum Gasteiger partial charge on any atom is -0.468 e. The van der Waals surface area contributed by atoms with E-state index in [-0.39, 0.29) is 35.1 Å². The number of ketones is 1. The van der Waals surface area contributed by atoms with Crippen molar-refractivity contribution in [2.75, 3.05) is 11.4 Å². The Bertz CT molecular complexity index is 1120. The predicted molar refractivity (Wildman–Crippen MR) is 103 cm³/mol. The Hall–Kier alpha value is -3.19. The van der Waals surface area contributed by atoms with Crippen LogP contribution in [-0.4, -0.2) is 26.7 Å². The Labute approximate surface area is 162 Å². The van der Waals surface area contributed by atoms with E-state index in [0.717, 1.165) is 0 Å². The number of carbonyl (C=O) groups is 2. The van der Waals surface area contributed by atoms with Crippen molar-refractivity contribution in [3.63, 3.8) is 0 Å². The number of sulfone groups is 1. The van der Waals surface area contributed by atoms with Crippen molar-refractivity contribution >= 4 is 27.2 Å². The van der Waals surface area contributed by atoms with Crippen LogP contribution in [0.25, 0.3) is 0 Å². The van der Waals surface area contributed by atoms with Gasteiger partial charge in [-0.15, -0.1) is 0 Å². The number of rotatable bonds is 4. The number of hydrogen-bond donors (Lipinski definition) is 0. The molecule has 3 aromatic rings. The van der Waals surface area contributed by atoms with Crippen molar-refractivity contribution in [3.05, 3.63) is 84.3 Å². The van der Waals surface area contributed by atoms with Gasteiger partial charge in [0.2, 0.25) is 5.91 Å². The molecule has 0 aliphatic carbocycles. The standard InChI is InChI=1S/C21H17NO5S/c23-17(15-7-2-1-3-8-15)14-22-16-9-4-5-11-19(16)28(25,26)20(13-21(22)24)18-10-6-12-27-18/h1-12,20H,13-14H2. The number of Topliss-reactive ketones (excluding diaryl/α,β-unsaturated/α-hetero) is 1. The van der Waals surface area contributed by atoms with Crippen molar-refractivity contribution in [1.29, 1.82) is 0 Å². The van der Waals surface area contributed by atoms with Gasteiger partial charge in [0.05, 0.1) is 29.8 Å². The second-order valence-corrected chi connectivity index (χ2v) is 8.59. The molecular formula is C21H17NO5S. The number of carbonyl (C=O) groups excluding carboxylic acids is 2. The maximum Gasteiger partial charge on any atom is 0.229 e. The lowest BCUT2D eigenvalue weighted by Gasteiger charge is -2.21. The van der Waals surface area contributed by atoms with Gasteiger partial charge in [0.25, 0.3) is 0 Å². The van der Waals surface area contributed by atoms with E-state index in [9.17, 15) is 18.0 Å². The molecule has 1 aliphatic heterocycles. The molecule has 0 spiro atoms. The van der Waals surface area contributed by atoms with E-state index in [1.165, 1.54) is 17.2 Å². The number of hydrogen-bond acceptors (Lipinski definition) is 5. The SMILES string of the molecule is O=C(CN1C(=O)CC(c2ccco2)S(=O)(=O)c2ccccc21)c1ccccc1. The Balaban J connectivity index is 1.79. The number of furan rings is 1. The van der Waals surface area contributed by atoms with Crippen LogP contribution in [0.2, 0.25) is 0 Å². The largest absolute Gasteiger partial charge is 0.468 e. The molecule has 28 heavy (non-hydrogen) atoms. The molecule has 1 unspecified atom stereocenters. The number of amides is 1. The van der Waals surface area contributed by atoms with Crippen LogP contribution in [-0.2, 0) is 14.6 Å². The summed E-state index contributed by atoms with van der Waals surface area (Å²) in [6, 6.07) is 18.0. The zero-order chi connectivity index (χ0) is 19.7. The molecule has 2 aromatic carbocycles. The molecular weight excluding hydrogens is 378 g/mol. The van der Waals surface area contributed by atoms with Gasteiger partial charge < -0.3 is 9.32 Å². The molecule has 2 heterocycles. The second kappa shape index (κ2) is 7.09. The van der Waals surface area contributed by atoms with E-state index in [1.807, 2.05) is 0 Å². The van der Waals surface area contributed by atoms with Crippen LogP contribution < -0.4 is 4.90 Å². The summed E-state index contributed by atoms with van der Waals surface area (Å²) in [7, 11) is -3.88. The summed E-state index contributed by atoms with van der Waals surface area (Å²) in [6.07, 6.45) is 1.08. The summed E-state index contributed by atoms with van der Waals surface area (Å²) in [4.78, 5) is 27.0. The van der Waals surface area contributed by atoms with Crippen LogP contribution in [0.3, 0.4) is 0 Å². The van der Waals surface area contributed by atoms with Gasteiger partial charge in [-0.3, -0.25) is 9.59 Å². The summed E-state index contributed by atoms with van der Waals surface area (Å²) >= 11 is 0. The van der Waals surface area contributed by atoms with E-state index in [4.69, 9.17) is 4.42 Å². The minimum absolute atomic E-state index is 0.0168. The molecule has 4 rings (SSSR count). The maximum absolute atomic E-state index is 13.2. The van der Waals surface area contributed by atoms with Crippen molar-refractivity contribution in [3.8, 4) is 0 Å². The Morgan fingerprint density at radius 1 is 1.00 bits per heavy atom. The summed E-state index contributed by atoms with van der Waals surface area (Å²) in [5.74, 6) is -0.504. The molecule has 0 bridgehead atoms. The fraction of sp³-hybridized carbons (Fsp3) is 0.143. The quantitative estimate of drug-likeness (QED) is 0.632. The fourth-order valence-corrected chi connectivity index (χ4v) is 5.19. The minimum atomic E-state index is -3.88. The van der Waals surface area contributed by atoms with E-state index in [1.54, 1.807) is 60.7 Å². The molecule has 0 radical (unpaired) electrons. The summed E-state index contributed by atoms with van der Waals surface area (Å²) in [5.41, 5.74) is 0.674. The van der Waals surface area contributed by atoms with Crippen LogP contribution in [0.5, 0.6) is 0 Å². The molecule has 6 nitrogen and oxygen atoms in total. The second-order valence-electron chi connectivity index (χ2n) is 6.49. The molecule has 0 fully saturated rings. The smallest absolute Gasteiger partial charge is 0.229 e. The molecule has 1 amide bonds. The number of anilines is 1. The highest BCUT2D eigenvalue weighted by Gasteiger charge is 2.41. The van der Waals surface area contributed by atoms with Crippen molar-refractivity contribution in [2.24, 2.45) is 0 Å². The summed E-state index contributed by atoms with van der Waals surface area (Å²) in [6.45, 7) is -0.236. The molecule has 142 valence electrons. The molecule has 1 aliphatic rings. The highest BCUT2D eigenvalue weighted by molar-refractivity contribution is 7.91. The molecule has 0 N–H and O–H groups in total. The van der Waals surface area contributed by atoms with Crippen molar-refractivity contribution in [1.82, 2.24) is 0 Å². The topological polar surface area (TPSA) is 84.7 Å². The van der Waals surface area contributed by atoms with Crippen LogP contribution in [0.4, 0.5) is 5.69 Å². The van der Waals surface area contributed by atoms with Gasteiger partial charge in [0.15, 0.2) is 15.6 Å². The van der Waals surface area contributed by atoms with Gasteiger partial charge in [-0.2, -0.15) is 0 Å². The van der Waals surface area contributed by atoms with E-state index in [2.05, 4.69) is 0 Å². The van der Waals surface area contributed by atoms with E-state index >= 15 is 0 Å². The molecule has 1 aromatic heterocycles. The van der Waals surface area contributed by atoms with Gasteiger partial charge >= 0.3 is 0 Å². The molecule has 0 saturated carbocycles. The first-order chi connectivity index (χ1) is 13.5. The Kier molecular flexibility index (Phi) is 4.60. The highest BCUT2D eigenvalue weighted by Crippen LogP contribution is 2.40. The van der Waals surface area contributed by atoms with E-state index < -0.39 is 21.0 Å². The van der Waals surface area contributed by atoms with Gasteiger partial charge in [-0.25, -0.2) is 8.42 Å². The van der Waals surface area contributed by atoms with Crippen LogP contribution in [0, 0.1) is 0 Å². The number of nitrogens with zero attached hydrogens (tertiary/aromatic N) is 1. The third-order valence-electron chi connectivity index (χ3n) is 4.76. The zero-order valence-corrected chi connectivity index (χ0v) is 15.6. The number of fused-ring (bicyclic) bond motifs is 1. The Morgan fingerprint density at radius 2 is 1.71 bits per heavy atom. The zero-order valence-electron chi connectivity index (χ0n) is 14.8. The van der Waals surface area contributed by atoms with Crippen LogP contribution in [0.1, 0.15) is 27.8 Å². The molecule has 0 saturated heterocycles. The highest BCUT2D eigenvalue weighted by atomic mass is 32.2. The Morgan fingerprint density at radius 3 is 2.43 bits per heavy atom. The van der Waals surface area contributed by atoms with Crippen molar-refractivity contribution < 1.29 is 22.4 Å². The number of benzene rings is 2. The van der Waals surface area contributed by atoms with Gasteiger partial charge in [0.1, 0.15) is 11.0 Å². The third-order valence-corrected chi connectivity index (χ3v) is 6.86. The third kappa shape index (κ3) is 3.14. The first-order valence-electron chi connectivity index (χ1n) is 8.73. The predicted octanol–water partition coefficient (Wildman–Crippen LogP) is 3.41. The normalized spacial score (nSPS) is 18.4. The van der Waals surface area contributed by atoms with Crippen LogP contribution in [0.15, 0.2) is 82.3 Å². The van der Waals surface area contributed by atoms with E-state index in [0.29, 0.717) is 5.56 Å². The van der Waals surface area contributed by atoms with Crippen LogP contribution >= 0.6 is 0 Å². The first-order valence-corrected chi connectivity index (χ1v) is 10.3. The maximum atomic E-state index is 13.2.